The standard InChI is InChI=1S/C9H18N2O3/c1-10-7-3-8(5-11(2)4-7)14-6-9(12)13/h7-8,10H,3-6H2,1-2H3,(H,12,13). The van der Waals surface area contributed by atoms with E-state index in [-0.39, 0.29) is 12.7 Å². The Morgan fingerprint density at radius 2 is 2.36 bits per heavy atom. The zero-order valence-corrected chi connectivity index (χ0v) is 8.69. The minimum atomic E-state index is -0.903. The van der Waals surface area contributed by atoms with Crippen molar-refractivity contribution < 1.29 is 14.6 Å². The largest absolute Gasteiger partial charge is 0.480 e. The molecule has 0 radical (unpaired) electrons. The van der Waals surface area contributed by atoms with Crippen LogP contribution in [0.4, 0.5) is 0 Å². The lowest BCUT2D eigenvalue weighted by Gasteiger charge is -2.35. The van der Waals surface area contributed by atoms with Gasteiger partial charge in [0.05, 0.1) is 6.10 Å². The highest BCUT2D eigenvalue weighted by Gasteiger charge is 2.24. The second-order valence-electron chi connectivity index (χ2n) is 3.77. The Morgan fingerprint density at radius 1 is 1.64 bits per heavy atom. The highest BCUT2D eigenvalue weighted by Crippen LogP contribution is 2.11. The molecule has 1 heterocycles. The van der Waals surface area contributed by atoms with Crippen molar-refractivity contribution in [2.75, 3.05) is 33.8 Å². The molecule has 1 aliphatic rings. The van der Waals surface area contributed by atoms with Crippen LogP contribution in [-0.2, 0) is 9.53 Å². The van der Waals surface area contributed by atoms with Crippen LogP contribution in [0.5, 0.6) is 0 Å². The molecule has 2 atom stereocenters. The Labute approximate surface area is 84.0 Å². The van der Waals surface area contributed by atoms with Gasteiger partial charge >= 0.3 is 5.97 Å². The fraction of sp³-hybridized carbons (Fsp3) is 0.889. The number of ether oxygens (including phenoxy) is 1. The number of aliphatic carboxylic acids is 1. The van der Waals surface area contributed by atoms with Crippen LogP contribution >= 0.6 is 0 Å². The van der Waals surface area contributed by atoms with Gasteiger partial charge in [-0.3, -0.25) is 0 Å². The van der Waals surface area contributed by atoms with Crippen LogP contribution in [0.15, 0.2) is 0 Å². The SMILES string of the molecule is CNC1CC(OCC(=O)O)CN(C)C1. The average molecular weight is 202 g/mol. The number of rotatable bonds is 4. The predicted molar refractivity (Wildman–Crippen MR) is 52.3 cm³/mol. The van der Waals surface area contributed by atoms with Crippen LogP contribution < -0.4 is 5.32 Å². The first-order valence-electron chi connectivity index (χ1n) is 4.81. The first-order valence-corrected chi connectivity index (χ1v) is 4.81. The summed E-state index contributed by atoms with van der Waals surface area (Å²) in [7, 11) is 3.93. The van der Waals surface area contributed by atoms with Gasteiger partial charge in [-0.1, -0.05) is 0 Å². The summed E-state index contributed by atoms with van der Waals surface area (Å²) in [4.78, 5) is 12.5. The van der Waals surface area contributed by atoms with Gasteiger partial charge in [0.2, 0.25) is 0 Å². The average Bonchev–Trinajstić information content (AvgIpc) is 2.14. The maximum Gasteiger partial charge on any atom is 0.329 e. The van der Waals surface area contributed by atoms with Crippen molar-refractivity contribution in [1.29, 1.82) is 0 Å². The minimum absolute atomic E-state index is 0.0299. The molecule has 1 aliphatic heterocycles. The van der Waals surface area contributed by atoms with E-state index in [0.717, 1.165) is 19.5 Å². The number of carboxylic acids is 1. The number of carbonyl (C=O) groups is 1. The molecule has 0 aromatic heterocycles. The number of likely N-dealkylation sites (N-methyl/N-ethyl adjacent to an activating group) is 2. The minimum Gasteiger partial charge on any atom is -0.480 e. The number of hydrogen-bond donors (Lipinski definition) is 2. The molecule has 14 heavy (non-hydrogen) atoms. The molecule has 0 spiro atoms. The molecule has 2 N–H and O–H groups in total. The number of carboxylic acid groups (broad SMARTS) is 1. The third-order valence-electron chi connectivity index (χ3n) is 2.45. The Hall–Kier alpha value is -0.650. The van der Waals surface area contributed by atoms with Crippen LogP contribution in [0.25, 0.3) is 0 Å². The van der Waals surface area contributed by atoms with Gasteiger partial charge in [-0.2, -0.15) is 0 Å². The summed E-state index contributed by atoms with van der Waals surface area (Å²) in [6.07, 6.45) is 0.913. The zero-order chi connectivity index (χ0) is 10.6. The van der Waals surface area contributed by atoms with Gasteiger partial charge in [0.25, 0.3) is 0 Å². The summed E-state index contributed by atoms with van der Waals surface area (Å²) in [5.41, 5.74) is 0. The molecule has 0 aromatic rings. The second-order valence-corrected chi connectivity index (χ2v) is 3.77. The monoisotopic (exact) mass is 202 g/mol. The third-order valence-corrected chi connectivity index (χ3v) is 2.45. The Kier molecular flexibility index (Phi) is 4.31. The van der Waals surface area contributed by atoms with Crippen LogP contribution in [0.2, 0.25) is 0 Å². The molecular weight excluding hydrogens is 184 g/mol. The van der Waals surface area contributed by atoms with Crippen LogP contribution in [0.3, 0.4) is 0 Å². The van der Waals surface area contributed by atoms with Gasteiger partial charge in [-0.05, 0) is 20.5 Å². The molecule has 0 amide bonds. The van der Waals surface area contributed by atoms with E-state index >= 15 is 0 Å². The lowest BCUT2D eigenvalue weighted by Crippen LogP contribution is -2.49. The zero-order valence-electron chi connectivity index (χ0n) is 8.69. The van der Waals surface area contributed by atoms with Crippen molar-refractivity contribution in [3.8, 4) is 0 Å². The molecule has 5 heteroatoms. The Morgan fingerprint density at radius 3 is 2.93 bits per heavy atom. The van der Waals surface area contributed by atoms with Crippen LogP contribution in [0.1, 0.15) is 6.42 Å². The van der Waals surface area contributed by atoms with Gasteiger partial charge in [-0.15, -0.1) is 0 Å². The summed E-state index contributed by atoms with van der Waals surface area (Å²) in [5, 5.41) is 11.7. The highest BCUT2D eigenvalue weighted by molar-refractivity contribution is 5.68. The first kappa shape index (κ1) is 11.4. The highest BCUT2D eigenvalue weighted by atomic mass is 16.5. The lowest BCUT2D eigenvalue weighted by atomic mass is 10.0. The van der Waals surface area contributed by atoms with E-state index < -0.39 is 5.97 Å². The number of likely N-dealkylation sites (tertiary alicyclic amines) is 1. The molecule has 0 saturated carbocycles. The molecule has 1 rings (SSSR count). The van der Waals surface area contributed by atoms with Crippen molar-refractivity contribution in [1.82, 2.24) is 10.2 Å². The molecule has 5 nitrogen and oxygen atoms in total. The van der Waals surface area contributed by atoms with Gasteiger partial charge < -0.3 is 20.1 Å². The second kappa shape index (κ2) is 5.29. The topological polar surface area (TPSA) is 61.8 Å². The third kappa shape index (κ3) is 3.61. The fourth-order valence-electron chi connectivity index (χ4n) is 1.78. The van der Waals surface area contributed by atoms with E-state index in [1.807, 2.05) is 14.1 Å². The normalized spacial score (nSPS) is 29.0. The Balaban J connectivity index is 2.33. The van der Waals surface area contributed by atoms with E-state index in [1.54, 1.807) is 0 Å². The first-order chi connectivity index (χ1) is 6.61. The number of hydrogen-bond acceptors (Lipinski definition) is 4. The van der Waals surface area contributed by atoms with E-state index in [1.165, 1.54) is 0 Å². The van der Waals surface area contributed by atoms with Gasteiger partial charge in [0.15, 0.2) is 0 Å². The summed E-state index contributed by atoms with van der Waals surface area (Å²) in [5.74, 6) is -0.903. The van der Waals surface area contributed by atoms with E-state index in [4.69, 9.17) is 9.84 Å². The summed E-state index contributed by atoms with van der Waals surface area (Å²) >= 11 is 0. The molecule has 0 aliphatic carbocycles. The molecule has 2 unspecified atom stereocenters. The lowest BCUT2D eigenvalue weighted by molar-refractivity contribution is -0.145. The van der Waals surface area contributed by atoms with Gasteiger partial charge in [0, 0.05) is 19.1 Å². The van der Waals surface area contributed by atoms with Gasteiger partial charge in [-0.25, -0.2) is 4.79 Å². The van der Waals surface area contributed by atoms with Crippen LogP contribution in [0, 0.1) is 0 Å². The van der Waals surface area contributed by atoms with Crippen molar-refractivity contribution in [2.24, 2.45) is 0 Å². The molecular formula is C9H18N2O3. The summed E-state index contributed by atoms with van der Waals surface area (Å²) in [6.45, 7) is 1.60. The molecule has 82 valence electrons. The number of nitrogens with zero attached hydrogens (tertiary/aromatic N) is 1. The smallest absolute Gasteiger partial charge is 0.329 e. The van der Waals surface area contributed by atoms with E-state index in [9.17, 15) is 4.79 Å². The number of piperidine rings is 1. The van der Waals surface area contributed by atoms with E-state index in [0.29, 0.717) is 6.04 Å². The number of nitrogens with one attached hydrogen (secondary N) is 1. The van der Waals surface area contributed by atoms with Gasteiger partial charge in [0.1, 0.15) is 6.61 Å². The van der Waals surface area contributed by atoms with Crippen molar-refractivity contribution in [3.05, 3.63) is 0 Å². The van der Waals surface area contributed by atoms with Crippen molar-refractivity contribution in [2.45, 2.75) is 18.6 Å². The molecule has 0 bridgehead atoms. The Bertz CT molecular complexity index is 198. The predicted octanol–water partition coefficient (Wildman–Crippen LogP) is -0.620. The van der Waals surface area contributed by atoms with Crippen molar-refractivity contribution in [3.63, 3.8) is 0 Å². The maximum atomic E-state index is 10.3. The summed E-state index contributed by atoms with van der Waals surface area (Å²) in [6, 6.07) is 0.396. The molecule has 1 fully saturated rings. The van der Waals surface area contributed by atoms with E-state index in [2.05, 4.69) is 10.2 Å². The summed E-state index contributed by atoms with van der Waals surface area (Å²) < 4.78 is 5.27. The maximum absolute atomic E-state index is 10.3. The van der Waals surface area contributed by atoms with Crippen molar-refractivity contribution >= 4 is 5.97 Å². The quantitative estimate of drug-likeness (QED) is 0.636. The molecule has 0 aromatic carbocycles. The fourth-order valence-corrected chi connectivity index (χ4v) is 1.78. The van der Waals surface area contributed by atoms with Crippen LogP contribution in [-0.4, -0.2) is 61.9 Å². The molecule has 1 saturated heterocycles.